The van der Waals surface area contributed by atoms with Gasteiger partial charge >= 0.3 is 0 Å². The molecule has 1 aromatic heterocycles. The summed E-state index contributed by atoms with van der Waals surface area (Å²) in [5.74, 6) is -0.0445. The molecule has 1 aliphatic rings. The van der Waals surface area contributed by atoms with E-state index in [0.29, 0.717) is 22.6 Å². The molecule has 0 aliphatic carbocycles. The van der Waals surface area contributed by atoms with Gasteiger partial charge in [-0.05, 0) is 62.5 Å². The number of thiophene rings is 1. The molecule has 154 valence electrons. The Balaban J connectivity index is 1.58. The van der Waals surface area contributed by atoms with Crippen molar-refractivity contribution in [3.63, 3.8) is 0 Å². The minimum Gasteiger partial charge on any atom is -0.398 e. The monoisotopic (exact) mass is 418 g/mol. The first-order valence-corrected chi connectivity index (χ1v) is 11.0. The van der Waals surface area contributed by atoms with E-state index in [-0.39, 0.29) is 11.9 Å². The van der Waals surface area contributed by atoms with Gasteiger partial charge < -0.3 is 11.1 Å². The van der Waals surface area contributed by atoms with Crippen molar-refractivity contribution in [1.82, 2.24) is 4.90 Å². The minimum atomic E-state index is -0.287. The highest BCUT2D eigenvalue weighted by molar-refractivity contribution is 7.10. The predicted molar refractivity (Wildman–Crippen MR) is 124 cm³/mol. The van der Waals surface area contributed by atoms with Crippen LogP contribution in [0.4, 0.5) is 11.4 Å². The number of nitrogens with two attached hydrogens (primary N) is 1. The Kier molecular flexibility index (Phi) is 5.97. The number of nitrogens with zero attached hydrogens (tertiary/aromatic N) is 1. The van der Waals surface area contributed by atoms with Crippen LogP contribution < -0.4 is 11.1 Å². The van der Waals surface area contributed by atoms with Gasteiger partial charge in [0, 0.05) is 27.4 Å². The molecule has 3 aromatic rings. The summed E-state index contributed by atoms with van der Waals surface area (Å²) < 4.78 is 0. The van der Waals surface area contributed by atoms with E-state index >= 15 is 0 Å². The second-order valence-corrected chi connectivity index (χ2v) is 8.67. The molecule has 1 unspecified atom stereocenters. The Labute approximate surface area is 181 Å². The van der Waals surface area contributed by atoms with Crippen molar-refractivity contribution in [3.8, 4) is 0 Å². The Bertz CT molecular complexity index is 1040. The van der Waals surface area contributed by atoms with Crippen LogP contribution >= 0.6 is 11.3 Å². The topological polar surface area (TPSA) is 82.2 Å². The number of aryl methyl sites for hydroxylation is 1. The van der Waals surface area contributed by atoms with E-state index in [1.165, 1.54) is 0 Å². The third-order valence-electron chi connectivity index (χ3n) is 5.50. The van der Waals surface area contributed by atoms with E-state index in [4.69, 9.17) is 11.1 Å². The van der Waals surface area contributed by atoms with Gasteiger partial charge in [-0.25, -0.2) is 0 Å². The molecular weight excluding hydrogens is 392 g/mol. The van der Waals surface area contributed by atoms with Crippen LogP contribution in [0.5, 0.6) is 0 Å². The van der Waals surface area contributed by atoms with Crippen molar-refractivity contribution in [2.75, 3.05) is 24.1 Å². The largest absolute Gasteiger partial charge is 0.398 e. The van der Waals surface area contributed by atoms with Gasteiger partial charge in [0.1, 0.15) is 6.04 Å². The van der Waals surface area contributed by atoms with Crippen molar-refractivity contribution in [3.05, 3.63) is 81.5 Å². The van der Waals surface area contributed by atoms with Gasteiger partial charge in [0.05, 0.1) is 5.71 Å². The molecule has 30 heavy (non-hydrogen) atoms. The number of carbonyl (C=O) groups excluding carboxylic acids is 1. The van der Waals surface area contributed by atoms with Crippen LogP contribution in [0.15, 0.2) is 60.0 Å². The molecule has 1 atom stereocenters. The standard InChI is InChI=1S/C24H26N4OS/c1-16-6-8-17(9-7-16)22(26)19-15-18(10-11-20(19)25)27-24(29)23(21-5-4-14-30-21)28-12-2-3-13-28/h4-11,14-15,23,26H,2-3,12-13,25H2,1H3,(H,27,29). The average molecular weight is 419 g/mol. The van der Waals surface area contributed by atoms with Gasteiger partial charge in [-0.3, -0.25) is 15.1 Å². The third kappa shape index (κ3) is 4.30. The molecule has 5 nitrogen and oxygen atoms in total. The number of hydrogen-bond donors (Lipinski definition) is 3. The third-order valence-corrected chi connectivity index (χ3v) is 6.42. The normalized spacial score (nSPS) is 15.1. The number of nitrogens with one attached hydrogen (secondary N) is 2. The molecule has 0 saturated carbocycles. The minimum absolute atomic E-state index is 0.0445. The zero-order chi connectivity index (χ0) is 21.1. The van der Waals surface area contributed by atoms with Crippen molar-refractivity contribution in [2.45, 2.75) is 25.8 Å². The molecule has 4 N–H and O–H groups in total. The smallest absolute Gasteiger partial charge is 0.247 e. The van der Waals surface area contributed by atoms with Crippen molar-refractivity contribution in [1.29, 1.82) is 5.41 Å². The summed E-state index contributed by atoms with van der Waals surface area (Å²) in [7, 11) is 0. The lowest BCUT2D eigenvalue weighted by atomic mass is 9.99. The Hall–Kier alpha value is -2.96. The maximum atomic E-state index is 13.2. The summed E-state index contributed by atoms with van der Waals surface area (Å²) in [6.45, 7) is 3.88. The van der Waals surface area contributed by atoms with Crippen molar-refractivity contribution in [2.24, 2.45) is 0 Å². The molecule has 2 heterocycles. The van der Waals surface area contributed by atoms with Crippen LogP contribution in [0.2, 0.25) is 0 Å². The Morgan fingerprint density at radius 3 is 2.53 bits per heavy atom. The number of anilines is 2. The number of hydrogen-bond acceptors (Lipinski definition) is 5. The van der Waals surface area contributed by atoms with Crippen LogP contribution in [0.1, 0.15) is 40.5 Å². The fraction of sp³-hybridized carbons (Fsp3) is 0.250. The number of rotatable bonds is 6. The number of nitrogen functional groups attached to an aromatic ring is 1. The molecule has 1 saturated heterocycles. The highest BCUT2D eigenvalue weighted by Gasteiger charge is 2.30. The SMILES string of the molecule is Cc1ccc(C(=N)c2cc(NC(=O)C(c3cccs3)N3CCCC3)ccc2N)cc1. The molecule has 0 radical (unpaired) electrons. The number of amides is 1. The first kappa shape index (κ1) is 20.3. The highest BCUT2D eigenvalue weighted by Crippen LogP contribution is 2.30. The lowest BCUT2D eigenvalue weighted by molar-refractivity contribution is -0.121. The van der Waals surface area contributed by atoms with Crippen LogP contribution in [0, 0.1) is 12.3 Å². The van der Waals surface area contributed by atoms with E-state index < -0.39 is 0 Å². The molecule has 2 aromatic carbocycles. The number of likely N-dealkylation sites (tertiary alicyclic amines) is 1. The van der Waals surface area contributed by atoms with Crippen LogP contribution in [0.3, 0.4) is 0 Å². The lowest BCUT2D eigenvalue weighted by Gasteiger charge is -2.25. The summed E-state index contributed by atoms with van der Waals surface area (Å²) in [4.78, 5) is 16.5. The Morgan fingerprint density at radius 1 is 1.13 bits per heavy atom. The van der Waals surface area contributed by atoms with Crippen molar-refractivity contribution >= 4 is 34.3 Å². The fourth-order valence-electron chi connectivity index (χ4n) is 3.86. The maximum absolute atomic E-state index is 13.2. The zero-order valence-electron chi connectivity index (χ0n) is 17.0. The zero-order valence-corrected chi connectivity index (χ0v) is 17.8. The molecule has 1 fully saturated rings. The van der Waals surface area contributed by atoms with Crippen LogP contribution in [-0.4, -0.2) is 29.6 Å². The van der Waals surface area contributed by atoms with Gasteiger partial charge in [0.2, 0.25) is 5.91 Å². The van der Waals surface area contributed by atoms with Gasteiger partial charge in [-0.15, -0.1) is 11.3 Å². The van der Waals surface area contributed by atoms with Gasteiger partial charge in [-0.2, -0.15) is 0 Å². The first-order chi connectivity index (χ1) is 14.5. The quantitative estimate of drug-likeness (QED) is 0.396. The predicted octanol–water partition coefficient (Wildman–Crippen LogP) is 4.83. The fourth-order valence-corrected chi connectivity index (χ4v) is 4.71. The first-order valence-electron chi connectivity index (χ1n) is 10.2. The van der Waals surface area contributed by atoms with E-state index in [0.717, 1.165) is 41.9 Å². The van der Waals surface area contributed by atoms with Crippen molar-refractivity contribution < 1.29 is 4.79 Å². The molecule has 0 spiro atoms. The lowest BCUT2D eigenvalue weighted by Crippen LogP contribution is -2.35. The van der Waals surface area contributed by atoms with Gasteiger partial charge in [0.15, 0.2) is 0 Å². The Morgan fingerprint density at radius 2 is 1.87 bits per heavy atom. The number of benzene rings is 2. The van der Waals surface area contributed by atoms with E-state index in [9.17, 15) is 4.79 Å². The average Bonchev–Trinajstić information content (AvgIpc) is 3.45. The van der Waals surface area contributed by atoms with Gasteiger partial charge in [-0.1, -0.05) is 35.9 Å². The molecule has 4 rings (SSSR count). The highest BCUT2D eigenvalue weighted by atomic mass is 32.1. The molecule has 6 heteroatoms. The summed E-state index contributed by atoms with van der Waals surface area (Å²) in [6, 6.07) is 16.9. The summed E-state index contributed by atoms with van der Waals surface area (Å²) in [5.41, 5.74) is 10.2. The molecule has 0 bridgehead atoms. The second-order valence-electron chi connectivity index (χ2n) is 7.69. The van der Waals surface area contributed by atoms with Gasteiger partial charge in [0.25, 0.3) is 0 Å². The van der Waals surface area contributed by atoms with Crippen LogP contribution in [-0.2, 0) is 4.79 Å². The van der Waals surface area contributed by atoms with Crippen LogP contribution in [0.25, 0.3) is 0 Å². The molecule has 1 amide bonds. The molecular formula is C24H26N4OS. The summed E-state index contributed by atoms with van der Waals surface area (Å²) >= 11 is 1.61. The summed E-state index contributed by atoms with van der Waals surface area (Å²) in [6.07, 6.45) is 2.24. The second kappa shape index (κ2) is 8.81. The van der Waals surface area contributed by atoms with E-state index in [2.05, 4.69) is 10.2 Å². The summed E-state index contributed by atoms with van der Waals surface area (Å²) in [5, 5.41) is 13.7. The maximum Gasteiger partial charge on any atom is 0.247 e. The van der Waals surface area contributed by atoms with E-state index in [1.54, 1.807) is 29.5 Å². The van der Waals surface area contributed by atoms with E-state index in [1.807, 2.05) is 48.7 Å². The molecule has 1 aliphatic heterocycles. The number of carbonyl (C=O) groups is 1.